The maximum Gasteiger partial charge on any atom is 0.306 e. The fourth-order valence-electron chi connectivity index (χ4n) is 10.6. The van der Waals surface area contributed by atoms with Crippen molar-refractivity contribution >= 4 is 17.9 Å². The van der Waals surface area contributed by atoms with Crippen molar-refractivity contribution in [2.75, 3.05) is 13.2 Å². The molecule has 0 heterocycles. The van der Waals surface area contributed by atoms with Crippen LogP contribution in [0.15, 0.2) is 36.5 Å². The van der Waals surface area contributed by atoms with Crippen molar-refractivity contribution in [3.63, 3.8) is 0 Å². The number of ether oxygens (including phenoxy) is 3. The van der Waals surface area contributed by atoms with Crippen molar-refractivity contribution in [1.82, 2.24) is 0 Å². The van der Waals surface area contributed by atoms with Gasteiger partial charge in [-0.25, -0.2) is 0 Å². The molecule has 0 radical (unpaired) electrons. The highest BCUT2D eigenvalue weighted by Crippen LogP contribution is 2.18. The lowest BCUT2D eigenvalue weighted by atomic mass is 10.0. The van der Waals surface area contributed by atoms with Crippen LogP contribution in [0.4, 0.5) is 0 Å². The molecule has 0 fully saturated rings. The molecule has 0 aromatic carbocycles. The van der Waals surface area contributed by atoms with E-state index in [4.69, 9.17) is 14.2 Å². The molecule has 0 spiro atoms. The van der Waals surface area contributed by atoms with Crippen LogP contribution in [-0.2, 0) is 28.6 Å². The first-order valence-corrected chi connectivity index (χ1v) is 35.0. The van der Waals surface area contributed by atoms with Gasteiger partial charge in [-0.2, -0.15) is 0 Å². The van der Waals surface area contributed by atoms with Crippen molar-refractivity contribution in [3.8, 4) is 0 Å². The second-order valence-electron chi connectivity index (χ2n) is 23.8. The SMILES string of the molecule is CCCCCC/C=C\C/C=C\CCCCCCCC(=O)OCC(COC(=O)CCCCCCCCCCCCCCC/C=C\CCCCCCCCCC)OC(=O)CCCCCCCCCCCCCCCCCCCCC. The molecule has 458 valence electrons. The van der Waals surface area contributed by atoms with E-state index in [-0.39, 0.29) is 31.1 Å². The highest BCUT2D eigenvalue weighted by molar-refractivity contribution is 5.71. The first-order valence-electron chi connectivity index (χ1n) is 35.0. The van der Waals surface area contributed by atoms with Gasteiger partial charge >= 0.3 is 17.9 Å². The van der Waals surface area contributed by atoms with Crippen LogP contribution in [0.1, 0.15) is 387 Å². The zero-order chi connectivity index (χ0) is 56.4. The Morgan fingerprint density at radius 3 is 0.731 bits per heavy atom. The summed E-state index contributed by atoms with van der Waals surface area (Å²) in [5, 5.41) is 0. The molecule has 0 amide bonds. The van der Waals surface area contributed by atoms with Gasteiger partial charge in [0.05, 0.1) is 0 Å². The number of hydrogen-bond acceptors (Lipinski definition) is 6. The van der Waals surface area contributed by atoms with Crippen molar-refractivity contribution in [3.05, 3.63) is 36.5 Å². The molecule has 0 aliphatic rings. The Balaban J connectivity index is 4.28. The molecule has 0 saturated heterocycles. The number of unbranched alkanes of at least 4 members (excludes halogenated alkanes) is 48. The molecular weight excluding hydrogens is 961 g/mol. The normalized spacial score (nSPS) is 12.2. The minimum atomic E-state index is -0.776. The van der Waals surface area contributed by atoms with Crippen molar-refractivity contribution in [2.45, 2.75) is 393 Å². The number of esters is 3. The molecule has 0 aliphatic carbocycles. The van der Waals surface area contributed by atoms with Crippen LogP contribution >= 0.6 is 0 Å². The van der Waals surface area contributed by atoms with Gasteiger partial charge in [0.15, 0.2) is 6.10 Å². The number of allylic oxidation sites excluding steroid dienone is 6. The molecule has 78 heavy (non-hydrogen) atoms. The van der Waals surface area contributed by atoms with E-state index in [1.165, 1.54) is 270 Å². The average molecular weight is 1100 g/mol. The zero-order valence-electron chi connectivity index (χ0n) is 52.7. The van der Waals surface area contributed by atoms with Crippen molar-refractivity contribution in [1.29, 1.82) is 0 Å². The third kappa shape index (κ3) is 64.5. The third-order valence-corrected chi connectivity index (χ3v) is 15.9. The van der Waals surface area contributed by atoms with Gasteiger partial charge in [0.1, 0.15) is 13.2 Å². The lowest BCUT2D eigenvalue weighted by Gasteiger charge is -2.18. The van der Waals surface area contributed by atoms with Crippen molar-refractivity contribution < 1.29 is 28.6 Å². The molecule has 0 aliphatic heterocycles. The molecule has 1 unspecified atom stereocenters. The maximum absolute atomic E-state index is 12.9. The summed E-state index contributed by atoms with van der Waals surface area (Å²) in [4.78, 5) is 38.4. The first kappa shape index (κ1) is 75.6. The van der Waals surface area contributed by atoms with Gasteiger partial charge in [-0.05, 0) is 77.0 Å². The lowest BCUT2D eigenvalue weighted by Crippen LogP contribution is -2.30. The fourth-order valence-corrected chi connectivity index (χ4v) is 10.6. The van der Waals surface area contributed by atoms with Gasteiger partial charge in [-0.3, -0.25) is 14.4 Å². The highest BCUT2D eigenvalue weighted by Gasteiger charge is 2.19. The Kier molecular flexibility index (Phi) is 65.1. The number of carbonyl (C=O) groups excluding carboxylic acids is 3. The maximum atomic E-state index is 12.9. The van der Waals surface area contributed by atoms with E-state index in [1.54, 1.807) is 0 Å². The van der Waals surface area contributed by atoms with E-state index in [0.29, 0.717) is 19.3 Å². The standard InChI is InChI=1S/C72H134O6/c1-4-7-10-13-16-19-22-25-28-31-33-34-35-36-37-38-40-41-44-47-50-53-56-59-62-65-71(74)77-68-69(67-76-70(73)64-61-58-55-52-49-46-43-30-27-24-21-18-15-12-9-6-3)78-72(75)66-63-60-57-54-51-48-45-42-39-32-29-26-23-20-17-14-11-8-5-2/h21,24,30-31,33,43,69H,4-20,22-23,25-29,32,34-42,44-68H2,1-3H3/b24-21-,33-31-,43-30-. The van der Waals surface area contributed by atoms with E-state index >= 15 is 0 Å². The van der Waals surface area contributed by atoms with E-state index in [1.807, 2.05) is 0 Å². The van der Waals surface area contributed by atoms with Crippen LogP contribution < -0.4 is 0 Å². The molecule has 0 aromatic rings. The van der Waals surface area contributed by atoms with Gasteiger partial charge in [-0.1, -0.05) is 327 Å². The Labute approximate surface area is 486 Å². The van der Waals surface area contributed by atoms with Gasteiger partial charge in [-0.15, -0.1) is 0 Å². The van der Waals surface area contributed by atoms with E-state index in [0.717, 1.165) is 77.0 Å². The third-order valence-electron chi connectivity index (χ3n) is 15.9. The summed E-state index contributed by atoms with van der Waals surface area (Å²) >= 11 is 0. The van der Waals surface area contributed by atoms with Crippen molar-refractivity contribution in [2.24, 2.45) is 0 Å². The zero-order valence-corrected chi connectivity index (χ0v) is 52.7. The number of rotatable bonds is 65. The minimum Gasteiger partial charge on any atom is -0.462 e. The minimum absolute atomic E-state index is 0.0718. The predicted molar refractivity (Wildman–Crippen MR) is 339 cm³/mol. The topological polar surface area (TPSA) is 78.9 Å². The molecule has 0 bridgehead atoms. The first-order chi connectivity index (χ1) is 38.5. The van der Waals surface area contributed by atoms with Gasteiger partial charge in [0, 0.05) is 19.3 Å². The molecule has 0 rings (SSSR count). The Morgan fingerprint density at radius 1 is 0.256 bits per heavy atom. The van der Waals surface area contributed by atoms with Gasteiger partial charge in [0.2, 0.25) is 0 Å². The molecule has 6 nitrogen and oxygen atoms in total. The number of hydrogen-bond donors (Lipinski definition) is 0. The van der Waals surface area contributed by atoms with Crippen LogP contribution in [-0.4, -0.2) is 37.2 Å². The second-order valence-corrected chi connectivity index (χ2v) is 23.8. The summed E-state index contributed by atoms with van der Waals surface area (Å²) in [7, 11) is 0. The predicted octanol–water partition coefficient (Wildman–Crippen LogP) is 23.9. The summed E-state index contributed by atoms with van der Waals surface area (Å²) < 4.78 is 17.0. The number of carbonyl (C=O) groups is 3. The average Bonchev–Trinajstić information content (AvgIpc) is 3.44. The molecule has 1 atom stereocenters. The summed E-state index contributed by atoms with van der Waals surface area (Å²) in [5.74, 6) is -0.857. The monoisotopic (exact) mass is 1100 g/mol. The second kappa shape index (κ2) is 67.1. The molecule has 0 N–H and O–H groups in total. The van der Waals surface area contributed by atoms with E-state index < -0.39 is 6.10 Å². The summed E-state index contributed by atoms with van der Waals surface area (Å²) in [6.45, 7) is 6.69. The highest BCUT2D eigenvalue weighted by atomic mass is 16.6. The van der Waals surface area contributed by atoms with Crippen LogP contribution in [0.25, 0.3) is 0 Å². The van der Waals surface area contributed by atoms with Crippen LogP contribution in [0.2, 0.25) is 0 Å². The Morgan fingerprint density at radius 2 is 0.462 bits per heavy atom. The van der Waals surface area contributed by atoms with Crippen LogP contribution in [0.3, 0.4) is 0 Å². The largest absolute Gasteiger partial charge is 0.462 e. The smallest absolute Gasteiger partial charge is 0.306 e. The van der Waals surface area contributed by atoms with Crippen LogP contribution in [0.5, 0.6) is 0 Å². The Hall–Kier alpha value is -2.37. The molecule has 0 saturated carbocycles. The Bertz CT molecular complexity index is 1300. The molecule has 6 heteroatoms. The molecule has 0 aromatic heterocycles. The van der Waals surface area contributed by atoms with Gasteiger partial charge < -0.3 is 14.2 Å². The molecular formula is C72H134O6. The van der Waals surface area contributed by atoms with Gasteiger partial charge in [0.25, 0.3) is 0 Å². The van der Waals surface area contributed by atoms with E-state index in [2.05, 4.69) is 57.2 Å². The summed E-state index contributed by atoms with van der Waals surface area (Å²) in [6, 6.07) is 0. The lowest BCUT2D eigenvalue weighted by molar-refractivity contribution is -0.167. The summed E-state index contributed by atoms with van der Waals surface area (Å²) in [5.41, 5.74) is 0. The quantitative estimate of drug-likeness (QED) is 0.0261. The summed E-state index contributed by atoms with van der Waals surface area (Å²) in [6.07, 6.45) is 83.1. The van der Waals surface area contributed by atoms with Crippen LogP contribution in [0, 0.1) is 0 Å². The van der Waals surface area contributed by atoms with E-state index in [9.17, 15) is 14.4 Å². The fraction of sp³-hybridized carbons (Fsp3) is 0.875.